The molecule has 1 amide bonds. The second-order valence-electron chi connectivity index (χ2n) is 5.06. The third kappa shape index (κ3) is 2.36. The number of hydrogen-bond acceptors (Lipinski definition) is 4. The summed E-state index contributed by atoms with van der Waals surface area (Å²) in [6.45, 7) is 0. The Morgan fingerprint density at radius 3 is 3.00 bits per heavy atom. The van der Waals surface area contributed by atoms with Crippen LogP contribution in [0.15, 0.2) is 29.6 Å². The molecule has 5 heteroatoms. The van der Waals surface area contributed by atoms with E-state index in [4.69, 9.17) is 11.5 Å². The van der Waals surface area contributed by atoms with Crippen LogP contribution in [0.1, 0.15) is 39.7 Å². The van der Waals surface area contributed by atoms with Crippen LogP contribution in [0.5, 0.6) is 0 Å². The van der Waals surface area contributed by atoms with E-state index in [0.717, 1.165) is 24.9 Å². The van der Waals surface area contributed by atoms with Crippen molar-refractivity contribution < 1.29 is 4.79 Å². The van der Waals surface area contributed by atoms with E-state index in [1.807, 2.05) is 6.07 Å². The molecule has 0 saturated heterocycles. The first-order valence-corrected chi connectivity index (χ1v) is 7.55. The molecule has 3 rings (SSSR count). The molecule has 1 aliphatic carbocycles. The Hall–Kier alpha value is -2.01. The molecule has 0 fully saturated rings. The molecular weight excluding hydrogens is 270 g/mol. The average Bonchev–Trinajstić information content (AvgIpc) is 2.90. The minimum Gasteiger partial charge on any atom is -0.399 e. The average molecular weight is 287 g/mol. The van der Waals surface area contributed by atoms with Crippen LogP contribution < -0.4 is 16.8 Å². The lowest BCUT2D eigenvalue weighted by Gasteiger charge is -2.25. The molecule has 0 aliphatic heterocycles. The van der Waals surface area contributed by atoms with Crippen molar-refractivity contribution in [2.24, 2.45) is 5.73 Å². The van der Waals surface area contributed by atoms with Gasteiger partial charge in [0, 0.05) is 16.3 Å². The van der Waals surface area contributed by atoms with Gasteiger partial charge >= 0.3 is 0 Å². The van der Waals surface area contributed by atoms with Gasteiger partial charge in [0.25, 0.3) is 5.91 Å². The lowest BCUT2D eigenvalue weighted by molar-refractivity contribution is 0.100. The smallest absolute Gasteiger partial charge is 0.250 e. The van der Waals surface area contributed by atoms with Crippen molar-refractivity contribution in [2.75, 3.05) is 11.1 Å². The number of hydrogen-bond donors (Lipinski definition) is 3. The van der Waals surface area contributed by atoms with Crippen molar-refractivity contribution in [2.45, 2.75) is 25.3 Å². The Bertz CT molecular complexity index is 650. The highest BCUT2D eigenvalue weighted by molar-refractivity contribution is 7.10. The number of fused-ring (bicyclic) bond motifs is 1. The molecule has 0 bridgehead atoms. The maximum atomic E-state index is 11.5. The van der Waals surface area contributed by atoms with Gasteiger partial charge in [0.2, 0.25) is 0 Å². The molecule has 0 radical (unpaired) electrons. The van der Waals surface area contributed by atoms with E-state index in [1.54, 1.807) is 23.5 Å². The van der Waals surface area contributed by atoms with Crippen molar-refractivity contribution in [3.8, 4) is 0 Å². The van der Waals surface area contributed by atoms with Crippen molar-refractivity contribution in [3.63, 3.8) is 0 Å². The molecule has 1 atom stereocenters. The van der Waals surface area contributed by atoms with E-state index >= 15 is 0 Å². The number of anilines is 2. The van der Waals surface area contributed by atoms with Crippen LogP contribution >= 0.6 is 11.3 Å². The summed E-state index contributed by atoms with van der Waals surface area (Å²) in [7, 11) is 0. The van der Waals surface area contributed by atoms with Crippen LogP contribution in [0, 0.1) is 0 Å². The van der Waals surface area contributed by atoms with Gasteiger partial charge in [-0.1, -0.05) is 0 Å². The predicted molar refractivity (Wildman–Crippen MR) is 83.0 cm³/mol. The Kier molecular flexibility index (Phi) is 3.36. The minimum atomic E-state index is -0.457. The van der Waals surface area contributed by atoms with Gasteiger partial charge in [-0.15, -0.1) is 11.3 Å². The lowest BCUT2D eigenvalue weighted by Crippen LogP contribution is -2.19. The number of nitrogens with one attached hydrogen (secondary N) is 1. The van der Waals surface area contributed by atoms with Gasteiger partial charge in [-0.25, -0.2) is 0 Å². The molecule has 1 unspecified atom stereocenters. The third-order valence-corrected chi connectivity index (χ3v) is 4.69. The van der Waals surface area contributed by atoms with E-state index in [0.29, 0.717) is 11.3 Å². The monoisotopic (exact) mass is 287 g/mol. The summed E-state index contributed by atoms with van der Waals surface area (Å²) in [6, 6.07) is 7.65. The molecule has 1 aromatic heterocycles. The standard InChI is InChI=1S/C15H17N3OS/c16-9-4-5-13(11(8-9)15(17)19)18-12-2-1-3-14-10(12)6-7-20-14/h4-8,12,18H,1-3,16H2,(H2,17,19). The molecule has 1 aromatic carbocycles. The highest BCUT2D eigenvalue weighted by Gasteiger charge is 2.22. The predicted octanol–water partition coefficient (Wildman–Crippen LogP) is 2.92. The topological polar surface area (TPSA) is 81.1 Å². The largest absolute Gasteiger partial charge is 0.399 e. The van der Waals surface area contributed by atoms with Crippen molar-refractivity contribution in [3.05, 3.63) is 45.6 Å². The molecule has 1 aliphatic rings. The highest BCUT2D eigenvalue weighted by atomic mass is 32.1. The number of benzene rings is 1. The van der Waals surface area contributed by atoms with Crippen LogP contribution in [0.3, 0.4) is 0 Å². The van der Waals surface area contributed by atoms with E-state index in [-0.39, 0.29) is 6.04 Å². The quantitative estimate of drug-likeness (QED) is 0.759. The van der Waals surface area contributed by atoms with Crippen LogP contribution in [0.4, 0.5) is 11.4 Å². The summed E-state index contributed by atoms with van der Waals surface area (Å²) in [5.74, 6) is -0.457. The number of primary amides is 1. The Morgan fingerprint density at radius 2 is 2.20 bits per heavy atom. The van der Waals surface area contributed by atoms with Gasteiger partial charge in [-0.05, 0) is 54.5 Å². The second kappa shape index (κ2) is 5.17. The number of nitrogen functional groups attached to an aromatic ring is 1. The maximum absolute atomic E-state index is 11.5. The molecule has 5 N–H and O–H groups in total. The highest BCUT2D eigenvalue weighted by Crippen LogP contribution is 2.36. The fourth-order valence-electron chi connectivity index (χ4n) is 2.72. The zero-order valence-corrected chi connectivity index (χ0v) is 11.9. The molecule has 104 valence electrons. The van der Waals surface area contributed by atoms with Crippen LogP contribution in [-0.2, 0) is 6.42 Å². The van der Waals surface area contributed by atoms with Gasteiger partial charge in [0.05, 0.1) is 11.6 Å². The molecule has 0 spiro atoms. The van der Waals surface area contributed by atoms with Gasteiger partial charge < -0.3 is 16.8 Å². The van der Waals surface area contributed by atoms with E-state index in [2.05, 4.69) is 16.8 Å². The first-order valence-electron chi connectivity index (χ1n) is 6.67. The first kappa shape index (κ1) is 13.0. The third-order valence-electron chi connectivity index (χ3n) is 3.69. The first-order chi connectivity index (χ1) is 9.65. The minimum absolute atomic E-state index is 0.242. The Balaban J connectivity index is 1.92. The zero-order chi connectivity index (χ0) is 14.1. The van der Waals surface area contributed by atoms with Gasteiger partial charge in [-0.3, -0.25) is 4.79 Å². The van der Waals surface area contributed by atoms with Crippen LogP contribution in [0.25, 0.3) is 0 Å². The number of thiophene rings is 1. The summed E-state index contributed by atoms with van der Waals surface area (Å²) < 4.78 is 0. The Labute approximate surface area is 121 Å². The van der Waals surface area contributed by atoms with Gasteiger partial charge in [0.1, 0.15) is 0 Å². The van der Waals surface area contributed by atoms with Gasteiger partial charge in [0.15, 0.2) is 0 Å². The maximum Gasteiger partial charge on any atom is 0.250 e. The van der Waals surface area contributed by atoms with E-state index in [1.165, 1.54) is 10.4 Å². The number of amides is 1. The number of rotatable bonds is 3. The molecular formula is C15H17N3OS. The number of aryl methyl sites for hydroxylation is 1. The zero-order valence-electron chi connectivity index (χ0n) is 11.1. The Morgan fingerprint density at radius 1 is 1.35 bits per heavy atom. The van der Waals surface area contributed by atoms with Crippen LogP contribution in [-0.4, -0.2) is 5.91 Å². The molecule has 1 heterocycles. The van der Waals surface area contributed by atoms with E-state index < -0.39 is 5.91 Å². The normalized spacial score (nSPS) is 17.5. The number of nitrogens with two attached hydrogens (primary N) is 2. The lowest BCUT2D eigenvalue weighted by atomic mass is 9.93. The molecule has 4 nitrogen and oxygen atoms in total. The summed E-state index contributed by atoms with van der Waals surface area (Å²) in [6.07, 6.45) is 3.37. The van der Waals surface area contributed by atoms with Gasteiger partial charge in [-0.2, -0.15) is 0 Å². The summed E-state index contributed by atoms with van der Waals surface area (Å²) >= 11 is 1.80. The SMILES string of the molecule is NC(=O)c1cc(N)ccc1NC1CCCc2sccc21. The summed E-state index contributed by atoms with van der Waals surface area (Å²) in [5, 5.41) is 5.58. The summed E-state index contributed by atoms with van der Waals surface area (Å²) in [4.78, 5) is 13.0. The second-order valence-corrected chi connectivity index (χ2v) is 6.06. The fourth-order valence-corrected chi connectivity index (χ4v) is 3.70. The number of carbonyl (C=O) groups excluding carboxylic acids is 1. The van der Waals surface area contributed by atoms with Crippen molar-refractivity contribution in [1.82, 2.24) is 0 Å². The molecule has 2 aromatic rings. The van der Waals surface area contributed by atoms with Crippen molar-refractivity contribution >= 4 is 28.6 Å². The van der Waals surface area contributed by atoms with Crippen molar-refractivity contribution in [1.29, 1.82) is 0 Å². The number of carbonyl (C=O) groups is 1. The van der Waals surface area contributed by atoms with Crippen LogP contribution in [0.2, 0.25) is 0 Å². The van der Waals surface area contributed by atoms with E-state index in [9.17, 15) is 4.79 Å². The fraction of sp³-hybridized carbons (Fsp3) is 0.267. The molecule has 20 heavy (non-hydrogen) atoms. The summed E-state index contributed by atoms with van der Waals surface area (Å²) in [5.41, 5.74) is 14.3. The molecule has 0 saturated carbocycles.